The Kier molecular flexibility index (Phi) is 9.40. The number of benzene rings is 2. The van der Waals surface area contributed by atoms with Crippen LogP contribution in [0.3, 0.4) is 0 Å². The summed E-state index contributed by atoms with van der Waals surface area (Å²) >= 11 is 0. The normalized spacial score (nSPS) is 20.2. The van der Waals surface area contributed by atoms with Gasteiger partial charge in [-0.25, -0.2) is 4.79 Å². The topological polar surface area (TPSA) is 108 Å². The number of nitrogens with one attached hydrogen (secondary N) is 2. The van der Waals surface area contributed by atoms with Crippen molar-refractivity contribution < 1.29 is 24.2 Å². The van der Waals surface area contributed by atoms with Crippen molar-refractivity contribution in [2.24, 2.45) is 11.8 Å². The molecular formula is C29H37N3O5. The minimum atomic E-state index is -0.729. The second kappa shape index (κ2) is 13.1. The second-order valence-corrected chi connectivity index (χ2v) is 10.1. The Morgan fingerprint density at radius 3 is 2.14 bits per heavy atom. The Morgan fingerprint density at radius 1 is 0.838 bits per heavy atom. The van der Waals surface area contributed by atoms with Gasteiger partial charge in [-0.1, -0.05) is 30.3 Å². The number of nitrogens with zero attached hydrogens (tertiary/aromatic N) is 1. The fourth-order valence-corrected chi connectivity index (χ4v) is 5.15. The van der Waals surface area contributed by atoms with E-state index in [1.807, 2.05) is 11.0 Å². The van der Waals surface area contributed by atoms with Crippen LogP contribution in [0.25, 0.3) is 0 Å². The van der Waals surface area contributed by atoms with Crippen molar-refractivity contribution >= 4 is 17.9 Å². The highest BCUT2D eigenvalue weighted by atomic mass is 16.5. The number of rotatable bonds is 9. The van der Waals surface area contributed by atoms with Crippen LogP contribution in [-0.2, 0) is 11.2 Å². The molecule has 198 valence electrons. The number of carbonyl (C=O) groups is 3. The van der Waals surface area contributed by atoms with Gasteiger partial charge in [-0.2, -0.15) is 0 Å². The maximum atomic E-state index is 12.5. The molecule has 8 nitrogen and oxygen atoms in total. The van der Waals surface area contributed by atoms with Gasteiger partial charge < -0.3 is 25.4 Å². The summed E-state index contributed by atoms with van der Waals surface area (Å²) in [5.74, 6) is 0.0782. The van der Waals surface area contributed by atoms with Crippen LogP contribution in [0.2, 0.25) is 0 Å². The zero-order valence-corrected chi connectivity index (χ0v) is 21.2. The number of piperidine rings is 1. The molecule has 3 amide bonds. The van der Waals surface area contributed by atoms with Crippen LogP contribution in [0.1, 0.15) is 54.4 Å². The first-order chi connectivity index (χ1) is 18.0. The second-order valence-electron chi connectivity index (χ2n) is 10.1. The molecule has 2 aromatic rings. The summed E-state index contributed by atoms with van der Waals surface area (Å²) in [5.41, 5.74) is 1.87. The van der Waals surface area contributed by atoms with Gasteiger partial charge in [0, 0.05) is 31.7 Å². The van der Waals surface area contributed by atoms with Crippen LogP contribution < -0.4 is 15.4 Å². The minimum Gasteiger partial charge on any atom is -0.490 e. The summed E-state index contributed by atoms with van der Waals surface area (Å²) in [5, 5.41) is 14.9. The van der Waals surface area contributed by atoms with Crippen molar-refractivity contribution in [3.05, 3.63) is 65.7 Å². The average molecular weight is 508 g/mol. The molecule has 1 aliphatic heterocycles. The first-order valence-electron chi connectivity index (χ1n) is 13.3. The highest BCUT2D eigenvalue weighted by molar-refractivity contribution is 5.94. The van der Waals surface area contributed by atoms with Crippen LogP contribution >= 0.6 is 0 Å². The van der Waals surface area contributed by atoms with E-state index in [9.17, 15) is 14.4 Å². The van der Waals surface area contributed by atoms with E-state index in [-0.39, 0.29) is 24.0 Å². The lowest BCUT2D eigenvalue weighted by atomic mass is 9.87. The predicted octanol–water partition coefficient (Wildman–Crippen LogP) is 4.10. The van der Waals surface area contributed by atoms with Crippen molar-refractivity contribution in [2.75, 3.05) is 26.2 Å². The van der Waals surface area contributed by atoms with Crippen molar-refractivity contribution in [2.45, 2.75) is 51.0 Å². The molecule has 1 saturated carbocycles. The zero-order valence-electron chi connectivity index (χ0n) is 21.2. The Hall–Kier alpha value is -3.55. The van der Waals surface area contributed by atoms with Gasteiger partial charge in [0.2, 0.25) is 0 Å². The Labute approximate surface area is 218 Å². The van der Waals surface area contributed by atoms with Gasteiger partial charge in [0.25, 0.3) is 5.91 Å². The number of urea groups is 1. The number of aliphatic carboxylic acids is 1. The largest absolute Gasteiger partial charge is 0.490 e. The van der Waals surface area contributed by atoms with E-state index in [1.165, 1.54) is 5.56 Å². The average Bonchev–Trinajstić information content (AvgIpc) is 2.92. The Morgan fingerprint density at radius 2 is 1.49 bits per heavy atom. The van der Waals surface area contributed by atoms with E-state index < -0.39 is 5.97 Å². The molecular weight excluding hydrogens is 470 g/mol. The van der Waals surface area contributed by atoms with E-state index in [4.69, 9.17) is 9.84 Å². The first kappa shape index (κ1) is 26.5. The molecule has 37 heavy (non-hydrogen) atoms. The molecule has 0 radical (unpaired) electrons. The van der Waals surface area contributed by atoms with Crippen molar-refractivity contribution in [1.82, 2.24) is 15.5 Å². The van der Waals surface area contributed by atoms with Crippen molar-refractivity contribution in [1.29, 1.82) is 0 Å². The molecule has 0 aromatic heterocycles. The van der Waals surface area contributed by atoms with Crippen LogP contribution in [0.15, 0.2) is 54.6 Å². The molecule has 3 N–H and O–H groups in total. The maximum Gasteiger partial charge on any atom is 0.317 e. The quantitative estimate of drug-likeness (QED) is 0.443. The molecule has 2 aliphatic rings. The van der Waals surface area contributed by atoms with Crippen LogP contribution in [-0.4, -0.2) is 60.2 Å². The molecule has 8 heteroatoms. The standard InChI is InChI=1S/C29H37N3O5/c33-27(23-6-10-25(11-7-23)37-26-12-8-24(9-13-26)28(34)35)30-16-17-31-29(36)32-18-14-22(15-19-32)20-21-4-2-1-3-5-21/h1-7,10-11,22,24,26H,8-9,12-20H2,(H,30,33)(H,31,36)(H,34,35). The van der Waals surface area contributed by atoms with E-state index in [1.54, 1.807) is 24.3 Å². The van der Waals surface area contributed by atoms with Crippen LogP contribution in [0.4, 0.5) is 4.79 Å². The van der Waals surface area contributed by atoms with Crippen LogP contribution in [0, 0.1) is 11.8 Å². The summed E-state index contributed by atoms with van der Waals surface area (Å²) in [7, 11) is 0. The summed E-state index contributed by atoms with van der Waals surface area (Å²) < 4.78 is 5.96. The summed E-state index contributed by atoms with van der Waals surface area (Å²) in [6, 6.07) is 17.4. The molecule has 2 fully saturated rings. The third-order valence-corrected chi connectivity index (χ3v) is 7.40. The molecule has 1 aliphatic carbocycles. The van der Waals surface area contributed by atoms with Gasteiger partial charge >= 0.3 is 12.0 Å². The number of carboxylic acids is 1. The number of likely N-dealkylation sites (tertiary alicyclic amines) is 1. The van der Waals surface area contributed by atoms with E-state index in [0.29, 0.717) is 43.2 Å². The van der Waals surface area contributed by atoms with Crippen molar-refractivity contribution in [3.8, 4) is 5.75 Å². The van der Waals surface area contributed by atoms with E-state index in [0.717, 1.165) is 45.2 Å². The van der Waals surface area contributed by atoms with Gasteiger partial charge in [-0.3, -0.25) is 9.59 Å². The Balaban J connectivity index is 1.10. The lowest BCUT2D eigenvalue weighted by molar-refractivity contribution is -0.143. The third kappa shape index (κ3) is 7.97. The molecule has 0 spiro atoms. The Bertz CT molecular complexity index is 1030. The fourth-order valence-electron chi connectivity index (χ4n) is 5.15. The number of carboxylic acid groups (broad SMARTS) is 1. The lowest BCUT2D eigenvalue weighted by Crippen LogP contribution is -2.46. The number of carbonyl (C=O) groups excluding carboxylic acids is 2. The highest BCUT2D eigenvalue weighted by Crippen LogP contribution is 2.28. The van der Waals surface area contributed by atoms with Gasteiger partial charge in [-0.05, 0) is 80.7 Å². The molecule has 4 rings (SSSR count). The molecule has 0 atom stereocenters. The third-order valence-electron chi connectivity index (χ3n) is 7.40. The predicted molar refractivity (Wildman–Crippen MR) is 141 cm³/mol. The molecule has 0 unspecified atom stereocenters. The summed E-state index contributed by atoms with van der Waals surface area (Å²) in [4.78, 5) is 37.9. The maximum absolute atomic E-state index is 12.5. The lowest BCUT2D eigenvalue weighted by Gasteiger charge is -2.32. The SMILES string of the molecule is O=C(NCCNC(=O)N1CCC(Cc2ccccc2)CC1)c1ccc(OC2CCC(C(=O)O)CC2)cc1. The number of hydrogen-bond donors (Lipinski definition) is 3. The van der Waals surface area contributed by atoms with Gasteiger partial charge in [-0.15, -0.1) is 0 Å². The number of ether oxygens (including phenoxy) is 1. The molecule has 2 aromatic carbocycles. The summed E-state index contributed by atoms with van der Waals surface area (Å²) in [6.07, 6.45) is 5.77. The fraction of sp³-hybridized carbons (Fsp3) is 0.483. The van der Waals surface area contributed by atoms with E-state index in [2.05, 4.69) is 34.9 Å². The molecule has 1 saturated heterocycles. The minimum absolute atomic E-state index is 0.00791. The monoisotopic (exact) mass is 507 g/mol. The molecule has 0 bridgehead atoms. The number of amides is 3. The van der Waals surface area contributed by atoms with Crippen LogP contribution in [0.5, 0.6) is 5.75 Å². The smallest absolute Gasteiger partial charge is 0.317 e. The van der Waals surface area contributed by atoms with E-state index >= 15 is 0 Å². The number of hydrogen-bond acceptors (Lipinski definition) is 4. The van der Waals surface area contributed by atoms with Gasteiger partial charge in [0.1, 0.15) is 5.75 Å². The first-order valence-corrected chi connectivity index (χ1v) is 13.3. The zero-order chi connectivity index (χ0) is 26.0. The highest BCUT2D eigenvalue weighted by Gasteiger charge is 2.27. The van der Waals surface area contributed by atoms with Crippen molar-refractivity contribution in [3.63, 3.8) is 0 Å². The van der Waals surface area contributed by atoms with Gasteiger partial charge in [0.15, 0.2) is 0 Å². The molecule has 1 heterocycles. The van der Waals surface area contributed by atoms with Gasteiger partial charge in [0.05, 0.1) is 12.0 Å². The summed E-state index contributed by atoms with van der Waals surface area (Å²) in [6.45, 7) is 2.23.